The number of amides is 2. The molecule has 0 fully saturated rings. The Morgan fingerprint density at radius 3 is 2.84 bits per heavy atom. The van der Waals surface area contributed by atoms with Crippen molar-refractivity contribution in [1.29, 1.82) is 0 Å². The number of carbonyl (C=O) groups is 2. The SMILES string of the molecule is C#CCC(NC(=O)N(C)Cc1cnn(C)c1)C(=O)O. The number of aryl methyl sites for hydroxylation is 1. The van der Waals surface area contributed by atoms with Gasteiger partial charge in [0.1, 0.15) is 6.04 Å². The molecule has 0 aliphatic carbocycles. The summed E-state index contributed by atoms with van der Waals surface area (Å²) in [4.78, 5) is 24.0. The lowest BCUT2D eigenvalue weighted by Crippen LogP contribution is -2.46. The Bertz CT molecular complexity index is 503. The van der Waals surface area contributed by atoms with E-state index in [0.717, 1.165) is 5.56 Å². The molecule has 2 amide bonds. The molecule has 0 aliphatic heterocycles. The van der Waals surface area contributed by atoms with Gasteiger partial charge in [-0.25, -0.2) is 9.59 Å². The summed E-state index contributed by atoms with van der Waals surface area (Å²) < 4.78 is 1.62. The highest BCUT2D eigenvalue weighted by molar-refractivity contribution is 5.82. The summed E-state index contributed by atoms with van der Waals surface area (Å²) >= 11 is 0. The average molecular weight is 264 g/mol. The Balaban J connectivity index is 2.57. The summed E-state index contributed by atoms with van der Waals surface area (Å²) in [5.41, 5.74) is 0.851. The van der Waals surface area contributed by atoms with Gasteiger partial charge in [0.25, 0.3) is 0 Å². The number of carboxylic acid groups (broad SMARTS) is 1. The van der Waals surface area contributed by atoms with Gasteiger partial charge in [-0.2, -0.15) is 5.10 Å². The Hall–Kier alpha value is -2.49. The number of hydrogen-bond donors (Lipinski definition) is 2. The van der Waals surface area contributed by atoms with Gasteiger partial charge in [-0.1, -0.05) is 0 Å². The molecule has 0 spiro atoms. The van der Waals surface area contributed by atoms with Crippen LogP contribution in [0.15, 0.2) is 12.4 Å². The second-order valence-corrected chi connectivity index (χ2v) is 4.13. The Kier molecular flexibility index (Phi) is 4.94. The first-order chi connectivity index (χ1) is 8.93. The molecule has 0 aromatic carbocycles. The van der Waals surface area contributed by atoms with Crippen LogP contribution in [-0.4, -0.2) is 44.9 Å². The number of aromatic nitrogens is 2. The average Bonchev–Trinajstić information content (AvgIpc) is 2.73. The van der Waals surface area contributed by atoms with E-state index < -0.39 is 18.0 Å². The zero-order chi connectivity index (χ0) is 14.4. The Morgan fingerprint density at radius 2 is 2.37 bits per heavy atom. The van der Waals surface area contributed by atoms with E-state index in [2.05, 4.69) is 16.3 Å². The van der Waals surface area contributed by atoms with Crippen molar-refractivity contribution >= 4 is 12.0 Å². The lowest BCUT2D eigenvalue weighted by Gasteiger charge is -2.19. The van der Waals surface area contributed by atoms with Crippen molar-refractivity contribution in [2.45, 2.75) is 19.0 Å². The Morgan fingerprint density at radius 1 is 1.68 bits per heavy atom. The summed E-state index contributed by atoms with van der Waals surface area (Å²) in [6.45, 7) is 0.335. The van der Waals surface area contributed by atoms with E-state index in [1.165, 1.54) is 4.90 Å². The maximum Gasteiger partial charge on any atom is 0.327 e. The molecule has 0 radical (unpaired) electrons. The van der Waals surface area contributed by atoms with E-state index in [-0.39, 0.29) is 6.42 Å². The first-order valence-electron chi connectivity index (χ1n) is 5.59. The molecule has 1 aromatic rings. The zero-order valence-corrected chi connectivity index (χ0v) is 10.8. The first kappa shape index (κ1) is 14.6. The number of urea groups is 1. The maximum absolute atomic E-state index is 11.8. The van der Waals surface area contributed by atoms with Crippen molar-refractivity contribution in [3.8, 4) is 12.3 Å². The van der Waals surface area contributed by atoms with E-state index in [0.29, 0.717) is 6.54 Å². The number of nitrogens with one attached hydrogen (secondary N) is 1. The van der Waals surface area contributed by atoms with Crippen LogP contribution in [0.2, 0.25) is 0 Å². The summed E-state index contributed by atoms with van der Waals surface area (Å²) in [5.74, 6) is 1.07. The third kappa shape index (κ3) is 4.35. The topological polar surface area (TPSA) is 87.5 Å². The molecular weight excluding hydrogens is 248 g/mol. The molecule has 0 saturated heterocycles. The number of nitrogens with zero attached hydrogens (tertiary/aromatic N) is 3. The number of rotatable bonds is 5. The molecular formula is C12H16N4O3. The van der Waals surface area contributed by atoms with Crippen LogP contribution < -0.4 is 5.32 Å². The molecule has 1 rings (SSSR count). The lowest BCUT2D eigenvalue weighted by molar-refractivity contribution is -0.139. The standard InChI is InChI=1S/C12H16N4O3/c1-4-5-10(11(17)18)14-12(19)15(2)7-9-6-13-16(3)8-9/h1,6,8,10H,5,7H2,2-3H3,(H,14,19)(H,17,18). The van der Waals surface area contributed by atoms with E-state index in [1.54, 1.807) is 31.2 Å². The van der Waals surface area contributed by atoms with Gasteiger partial charge >= 0.3 is 12.0 Å². The minimum atomic E-state index is -1.15. The number of hydrogen-bond acceptors (Lipinski definition) is 3. The van der Waals surface area contributed by atoms with E-state index in [1.807, 2.05) is 0 Å². The fourth-order valence-corrected chi connectivity index (χ4v) is 1.48. The summed E-state index contributed by atoms with van der Waals surface area (Å²) in [7, 11) is 3.34. The van der Waals surface area contributed by atoms with Crippen LogP contribution in [0, 0.1) is 12.3 Å². The second kappa shape index (κ2) is 6.44. The van der Waals surface area contributed by atoms with Crippen LogP contribution in [0.5, 0.6) is 0 Å². The molecule has 1 atom stereocenters. The number of carbonyl (C=O) groups excluding carboxylic acids is 1. The van der Waals surface area contributed by atoms with Crippen molar-refractivity contribution in [3.63, 3.8) is 0 Å². The quantitative estimate of drug-likeness (QED) is 0.735. The lowest BCUT2D eigenvalue weighted by atomic mass is 10.2. The fourth-order valence-electron chi connectivity index (χ4n) is 1.48. The van der Waals surface area contributed by atoms with Gasteiger partial charge in [-0.15, -0.1) is 12.3 Å². The maximum atomic E-state index is 11.8. The Labute approximate surface area is 111 Å². The smallest absolute Gasteiger partial charge is 0.327 e. The minimum Gasteiger partial charge on any atom is -0.480 e. The predicted molar refractivity (Wildman–Crippen MR) is 68.1 cm³/mol. The van der Waals surface area contributed by atoms with Gasteiger partial charge in [0, 0.05) is 32.3 Å². The van der Waals surface area contributed by atoms with Crippen LogP contribution in [0.1, 0.15) is 12.0 Å². The summed E-state index contributed by atoms with van der Waals surface area (Å²) in [6, 6.07) is -1.57. The molecule has 7 nitrogen and oxygen atoms in total. The number of aliphatic carboxylic acids is 1. The van der Waals surface area contributed by atoms with Crippen LogP contribution >= 0.6 is 0 Å². The first-order valence-corrected chi connectivity index (χ1v) is 5.59. The molecule has 1 heterocycles. The highest BCUT2D eigenvalue weighted by Gasteiger charge is 2.20. The van der Waals surface area contributed by atoms with Gasteiger partial charge in [-0.05, 0) is 0 Å². The van der Waals surface area contributed by atoms with Crippen molar-refractivity contribution in [1.82, 2.24) is 20.0 Å². The van der Waals surface area contributed by atoms with Crippen LogP contribution in [0.4, 0.5) is 4.79 Å². The van der Waals surface area contributed by atoms with E-state index in [4.69, 9.17) is 11.5 Å². The fraction of sp³-hybridized carbons (Fsp3) is 0.417. The number of carboxylic acids is 1. The van der Waals surface area contributed by atoms with Gasteiger partial charge in [0.05, 0.1) is 12.7 Å². The van der Waals surface area contributed by atoms with Crippen LogP contribution in [0.3, 0.4) is 0 Å². The molecule has 1 aromatic heterocycles. The van der Waals surface area contributed by atoms with E-state index >= 15 is 0 Å². The van der Waals surface area contributed by atoms with Crippen molar-refractivity contribution in [2.75, 3.05) is 7.05 Å². The minimum absolute atomic E-state index is 0.0538. The molecule has 1 unspecified atom stereocenters. The molecule has 0 saturated carbocycles. The second-order valence-electron chi connectivity index (χ2n) is 4.13. The predicted octanol–water partition coefficient (Wildman–Crippen LogP) is 0.0380. The molecule has 0 bridgehead atoms. The van der Waals surface area contributed by atoms with Crippen molar-refractivity contribution in [3.05, 3.63) is 18.0 Å². The molecule has 19 heavy (non-hydrogen) atoms. The van der Waals surface area contributed by atoms with Crippen molar-refractivity contribution < 1.29 is 14.7 Å². The van der Waals surface area contributed by atoms with Gasteiger partial charge in [-0.3, -0.25) is 4.68 Å². The third-order valence-corrected chi connectivity index (χ3v) is 2.44. The van der Waals surface area contributed by atoms with Crippen molar-refractivity contribution in [2.24, 2.45) is 7.05 Å². The van der Waals surface area contributed by atoms with Crippen LogP contribution in [-0.2, 0) is 18.4 Å². The molecule has 0 aliphatic rings. The highest BCUT2D eigenvalue weighted by atomic mass is 16.4. The third-order valence-electron chi connectivity index (χ3n) is 2.44. The highest BCUT2D eigenvalue weighted by Crippen LogP contribution is 2.02. The van der Waals surface area contributed by atoms with Crippen LogP contribution in [0.25, 0.3) is 0 Å². The monoisotopic (exact) mass is 264 g/mol. The zero-order valence-electron chi connectivity index (χ0n) is 10.8. The van der Waals surface area contributed by atoms with Gasteiger partial charge in [0.2, 0.25) is 0 Å². The largest absolute Gasteiger partial charge is 0.480 e. The summed E-state index contributed by atoms with van der Waals surface area (Å²) in [5, 5.41) is 15.2. The molecule has 102 valence electrons. The van der Waals surface area contributed by atoms with E-state index in [9.17, 15) is 9.59 Å². The molecule has 2 N–H and O–H groups in total. The summed E-state index contributed by atoms with van der Waals surface area (Å²) in [6.07, 6.45) is 8.42. The normalized spacial score (nSPS) is 11.4. The van der Waals surface area contributed by atoms with Gasteiger partial charge in [0.15, 0.2) is 0 Å². The molecule has 7 heteroatoms. The van der Waals surface area contributed by atoms with Gasteiger partial charge < -0.3 is 15.3 Å². The number of terminal acetylenes is 1.